The van der Waals surface area contributed by atoms with Crippen molar-refractivity contribution in [3.8, 4) is 11.5 Å². The number of hydrogen-bond donors (Lipinski definition) is 5. The fourth-order valence-electron chi connectivity index (χ4n) is 1.46. The van der Waals surface area contributed by atoms with Gasteiger partial charge in [-0.05, 0) is 19.1 Å². The van der Waals surface area contributed by atoms with E-state index in [9.17, 15) is 15.0 Å². The molecule has 1 amide bonds. The third-order valence-corrected chi connectivity index (χ3v) is 2.27. The van der Waals surface area contributed by atoms with Crippen LogP contribution in [0.15, 0.2) is 23.4 Å². The van der Waals surface area contributed by atoms with Crippen LogP contribution in [0.2, 0.25) is 0 Å². The fourth-order valence-corrected chi connectivity index (χ4v) is 1.46. The second kappa shape index (κ2) is 5.76. The highest BCUT2D eigenvalue weighted by molar-refractivity contribution is 5.99. The molecule has 0 aliphatic heterocycles. The van der Waals surface area contributed by atoms with E-state index in [-0.39, 0.29) is 29.3 Å². The van der Waals surface area contributed by atoms with Crippen LogP contribution in [0.3, 0.4) is 0 Å². The van der Waals surface area contributed by atoms with Gasteiger partial charge in [0.25, 0.3) is 5.91 Å². The van der Waals surface area contributed by atoms with Crippen molar-refractivity contribution in [3.63, 3.8) is 0 Å². The average molecular weight is 253 g/mol. The molecule has 6 N–H and O–H groups in total. The Hall–Kier alpha value is -2.44. The van der Waals surface area contributed by atoms with Crippen molar-refractivity contribution < 1.29 is 20.2 Å². The molecule has 1 atom stereocenters. The minimum Gasteiger partial charge on any atom is -0.507 e. The normalized spacial score (nSPS) is 13.1. The number of aromatic hydroxyl groups is 2. The Bertz CT molecular complexity index is 453. The molecule has 0 spiro atoms. The largest absolute Gasteiger partial charge is 0.507 e. The van der Waals surface area contributed by atoms with Crippen LogP contribution in [0.4, 0.5) is 0 Å². The van der Waals surface area contributed by atoms with E-state index in [1.165, 1.54) is 18.2 Å². The summed E-state index contributed by atoms with van der Waals surface area (Å²) >= 11 is 0. The zero-order valence-corrected chi connectivity index (χ0v) is 9.79. The molecule has 7 nitrogen and oxygen atoms in total. The maximum absolute atomic E-state index is 11.8. The van der Waals surface area contributed by atoms with Gasteiger partial charge in [0, 0.05) is 12.5 Å². The molecule has 1 aromatic carbocycles. The second-order valence-corrected chi connectivity index (χ2v) is 3.84. The first kappa shape index (κ1) is 13.6. The van der Waals surface area contributed by atoms with Gasteiger partial charge in [-0.15, -0.1) is 0 Å². The monoisotopic (exact) mass is 253 g/mol. The summed E-state index contributed by atoms with van der Waals surface area (Å²) in [6, 6.07) is 3.60. The lowest BCUT2D eigenvalue weighted by Gasteiger charge is -2.14. The minimum atomic E-state index is -0.635. The molecule has 0 fully saturated rings. The molecule has 98 valence electrons. The van der Waals surface area contributed by atoms with E-state index in [1.807, 2.05) is 0 Å². The summed E-state index contributed by atoms with van der Waals surface area (Å²) in [6.07, 6.45) is 0.149. The number of amides is 1. The predicted molar refractivity (Wildman–Crippen MR) is 64.7 cm³/mol. The third-order valence-electron chi connectivity index (χ3n) is 2.27. The average Bonchev–Trinajstić information content (AvgIpc) is 2.28. The maximum atomic E-state index is 11.8. The van der Waals surface area contributed by atoms with Crippen LogP contribution < -0.4 is 11.1 Å². The summed E-state index contributed by atoms with van der Waals surface area (Å²) in [4.78, 5) is 11.8. The third kappa shape index (κ3) is 3.27. The topological polar surface area (TPSA) is 128 Å². The number of phenols is 2. The highest BCUT2D eigenvalue weighted by Gasteiger charge is 2.18. The molecular formula is C11H15N3O4. The molecule has 0 heterocycles. The van der Waals surface area contributed by atoms with Crippen LogP contribution in [0.25, 0.3) is 0 Å². The molecule has 1 rings (SSSR count). The van der Waals surface area contributed by atoms with Gasteiger partial charge in [-0.3, -0.25) is 4.79 Å². The van der Waals surface area contributed by atoms with Crippen molar-refractivity contribution in [3.05, 3.63) is 23.8 Å². The van der Waals surface area contributed by atoms with Gasteiger partial charge >= 0.3 is 0 Å². The minimum absolute atomic E-state index is 0.0238. The lowest BCUT2D eigenvalue weighted by molar-refractivity contribution is 0.0935. The summed E-state index contributed by atoms with van der Waals surface area (Å²) in [5.41, 5.74) is 5.09. The van der Waals surface area contributed by atoms with Gasteiger partial charge in [0.15, 0.2) is 0 Å². The predicted octanol–water partition coefficient (Wildman–Crippen LogP) is 0.353. The van der Waals surface area contributed by atoms with Crippen LogP contribution in [-0.4, -0.2) is 33.2 Å². The quantitative estimate of drug-likeness (QED) is 0.229. The van der Waals surface area contributed by atoms with E-state index in [2.05, 4.69) is 10.5 Å². The Morgan fingerprint density at radius 1 is 1.44 bits per heavy atom. The number of nitrogens with two attached hydrogens (primary N) is 1. The zero-order valence-electron chi connectivity index (χ0n) is 9.79. The Balaban J connectivity index is 2.77. The Morgan fingerprint density at radius 2 is 2.00 bits per heavy atom. The highest BCUT2D eigenvalue weighted by Crippen LogP contribution is 2.25. The number of hydrogen-bond acceptors (Lipinski definition) is 5. The first-order valence-corrected chi connectivity index (χ1v) is 5.24. The fraction of sp³-hybridized carbons (Fsp3) is 0.273. The molecule has 0 saturated carbocycles. The van der Waals surface area contributed by atoms with E-state index in [0.29, 0.717) is 0 Å². The number of nitrogens with one attached hydrogen (secondary N) is 1. The van der Waals surface area contributed by atoms with E-state index >= 15 is 0 Å². The lowest BCUT2D eigenvalue weighted by Crippen LogP contribution is -2.35. The summed E-state index contributed by atoms with van der Waals surface area (Å²) in [6.45, 7) is 1.65. The van der Waals surface area contributed by atoms with E-state index in [4.69, 9.17) is 10.9 Å². The molecule has 0 aliphatic rings. The van der Waals surface area contributed by atoms with E-state index in [0.717, 1.165) is 0 Å². The first-order valence-electron chi connectivity index (χ1n) is 5.24. The number of oxime groups is 1. The summed E-state index contributed by atoms with van der Waals surface area (Å²) in [5.74, 6) is -1.29. The standard InChI is InChI=1S/C11H15N3O4/c1-6(5-9(12)14-18)13-11(17)10-7(15)3-2-4-8(10)16/h2-4,6,15-16,18H,5H2,1H3,(H2,12,14)(H,13,17). The zero-order chi connectivity index (χ0) is 13.7. The molecular weight excluding hydrogens is 238 g/mol. The first-order chi connectivity index (χ1) is 8.45. The number of phenolic OH excluding ortho intramolecular Hbond substituents is 2. The Morgan fingerprint density at radius 3 is 2.50 bits per heavy atom. The molecule has 7 heteroatoms. The molecule has 0 bridgehead atoms. The molecule has 0 aromatic heterocycles. The van der Waals surface area contributed by atoms with Crippen LogP contribution >= 0.6 is 0 Å². The van der Waals surface area contributed by atoms with E-state index < -0.39 is 11.9 Å². The molecule has 1 aromatic rings. The van der Waals surface area contributed by atoms with Crippen LogP contribution in [0, 0.1) is 0 Å². The van der Waals surface area contributed by atoms with Gasteiger partial charge in [0.05, 0.1) is 0 Å². The Labute approximate surface area is 104 Å². The number of benzene rings is 1. The van der Waals surface area contributed by atoms with Crippen molar-refractivity contribution in [1.82, 2.24) is 5.32 Å². The van der Waals surface area contributed by atoms with Crippen molar-refractivity contribution in [2.45, 2.75) is 19.4 Å². The SMILES string of the molecule is CC(C/C(N)=N/O)NC(=O)c1c(O)cccc1O. The Kier molecular flexibility index (Phi) is 4.36. The maximum Gasteiger partial charge on any atom is 0.259 e. The van der Waals surface area contributed by atoms with E-state index in [1.54, 1.807) is 6.92 Å². The summed E-state index contributed by atoms with van der Waals surface area (Å²) in [5, 5.41) is 32.7. The van der Waals surface area contributed by atoms with Crippen LogP contribution in [0.5, 0.6) is 11.5 Å². The van der Waals surface area contributed by atoms with Crippen molar-refractivity contribution in [1.29, 1.82) is 0 Å². The number of nitrogens with zero attached hydrogens (tertiary/aromatic N) is 1. The second-order valence-electron chi connectivity index (χ2n) is 3.84. The smallest absolute Gasteiger partial charge is 0.259 e. The van der Waals surface area contributed by atoms with Crippen molar-refractivity contribution in [2.24, 2.45) is 10.9 Å². The summed E-state index contributed by atoms with van der Waals surface area (Å²) in [7, 11) is 0. The molecule has 0 radical (unpaired) electrons. The summed E-state index contributed by atoms with van der Waals surface area (Å²) < 4.78 is 0. The van der Waals surface area contributed by atoms with Gasteiger partial charge in [-0.25, -0.2) is 0 Å². The molecule has 18 heavy (non-hydrogen) atoms. The van der Waals surface area contributed by atoms with Gasteiger partial charge < -0.3 is 26.5 Å². The lowest BCUT2D eigenvalue weighted by atomic mass is 10.1. The number of amidine groups is 1. The van der Waals surface area contributed by atoms with Crippen LogP contribution in [0.1, 0.15) is 23.7 Å². The van der Waals surface area contributed by atoms with Crippen LogP contribution in [-0.2, 0) is 0 Å². The van der Waals surface area contributed by atoms with Crippen molar-refractivity contribution in [2.75, 3.05) is 0 Å². The van der Waals surface area contributed by atoms with Gasteiger partial charge in [-0.1, -0.05) is 11.2 Å². The van der Waals surface area contributed by atoms with Gasteiger partial charge in [-0.2, -0.15) is 0 Å². The van der Waals surface area contributed by atoms with Gasteiger partial charge in [0.2, 0.25) is 0 Å². The van der Waals surface area contributed by atoms with Gasteiger partial charge in [0.1, 0.15) is 22.9 Å². The number of carbonyl (C=O) groups excluding carboxylic acids is 1. The number of carbonyl (C=O) groups is 1. The molecule has 1 unspecified atom stereocenters. The number of rotatable bonds is 4. The van der Waals surface area contributed by atoms with Crippen molar-refractivity contribution >= 4 is 11.7 Å². The highest BCUT2D eigenvalue weighted by atomic mass is 16.4. The molecule has 0 aliphatic carbocycles. The molecule has 0 saturated heterocycles.